The molecule has 1 heterocycles. The number of ether oxygens (including phenoxy) is 1. The maximum Gasteiger partial charge on any atom is 0.433 e. The molecule has 11 heteroatoms. The molecule has 2 rings (SSSR count). The van der Waals surface area contributed by atoms with Crippen LogP contribution in [0.5, 0.6) is 0 Å². The van der Waals surface area contributed by atoms with Crippen LogP contribution in [0, 0.1) is 27.6 Å². The van der Waals surface area contributed by atoms with Crippen LogP contribution in [0.4, 0.5) is 24.7 Å². The van der Waals surface area contributed by atoms with Gasteiger partial charge in [-0.15, -0.1) is 0 Å². The Hall–Kier alpha value is -3.63. The van der Waals surface area contributed by atoms with E-state index in [0.717, 1.165) is 31.2 Å². The summed E-state index contributed by atoms with van der Waals surface area (Å²) in [6, 6.07) is 3.75. The predicted octanol–water partition coefficient (Wildman–Crippen LogP) is 3.19. The molecule has 1 N–H and O–H groups in total. The van der Waals surface area contributed by atoms with Crippen LogP contribution in [0.25, 0.3) is 6.08 Å². The lowest BCUT2D eigenvalue weighted by atomic mass is 10.2. The largest absolute Gasteiger partial charge is 0.449 e. The number of carbonyl (C=O) groups is 2. The molecule has 0 radical (unpaired) electrons. The van der Waals surface area contributed by atoms with Crippen LogP contribution in [0.3, 0.4) is 0 Å². The number of nitrogens with one attached hydrogen (secondary N) is 1. The van der Waals surface area contributed by atoms with Crippen molar-refractivity contribution in [1.29, 1.82) is 0 Å². The Bertz CT molecular complexity index is 925. The van der Waals surface area contributed by atoms with Gasteiger partial charge in [0.1, 0.15) is 10.7 Å². The summed E-state index contributed by atoms with van der Waals surface area (Å²) in [6.07, 6.45) is 0.528. The smallest absolute Gasteiger partial charge is 0.433 e. The lowest BCUT2D eigenvalue weighted by Gasteiger charge is -2.13. The molecule has 0 aliphatic rings. The van der Waals surface area contributed by atoms with Crippen LogP contribution >= 0.6 is 0 Å². The number of nitrogens with zero attached hydrogens (tertiary/aromatic N) is 1. The first-order chi connectivity index (χ1) is 12.7. The van der Waals surface area contributed by atoms with Crippen LogP contribution < -0.4 is 5.32 Å². The molecular formula is C16H11F3N2O6. The number of furan rings is 1. The fourth-order valence-corrected chi connectivity index (χ4v) is 1.80. The Morgan fingerprint density at radius 1 is 1.22 bits per heavy atom. The number of esters is 1. The zero-order valence-corrected chi connectivity index (χ0v) is 13.6. The fourth-order valence-electron chi connectivity index (χ4n) is 1.80. The molecule has 0 aliphatic heterocycles. The molecule has 0 bridgehead atoms. The van der Waals surface area contributed by atoms with Gasteiger partial charge in [0, 0.05) is 6.08 Å². The van der Waals surface area contributed by atoms with Gasteiger partial charge in [0.05, 0.1) is 11.8 Å². The van der Waals surface area contributed by atoms with Crippen molar-refractivity contribution in [3.8, 4) is 0 Å². The number of nitro groups is 1. The van der Waals surface area contributed by atoms with Gasteiger partial charge in [-0.25, -0.2) is 18.0 Å². The van der Waals surface area contributed by atoms with Gasteiger partial charge in [0.25, 0.3) is 5.91 Å². The van der Waals surface area contributed by atoms with Crippen LogP contribution in [0.1, 0.15) is 12.7 Å². The second kappa shape index (κ2) is 8.17. The van der Waals surface area contributed by atoms with Gasteiger partial charge in [-0.05, 0) is 31.2 Å². The van der Waals surface area contributed by atoms with Crippen LogP contribution in [0.15, 0.2) is 34.8 Å². The van der Waals surface area contributed by atoms with Gasteiger partial charge in [-0.2, -0.15) is 0 Å². The Morgan fingerprint density at radius 2 is 1.93 bits per heavy atom. The summed E-state index contributed by atoms with van der Waals surface area (Å²) in [5.74, 6) is -7.29. The Balaban J connectivity index is 1.95. The van der Waals surface area contributed by atoms with Gasteiger partial charge in [-0.1, -0.05) is 0 Å². The molecule has 142 valence electrons. The monoisotopic (exact) mass is 384 g/mol. The first-order valence-corrected chi connectivity index (χ1v) is 7.26. The molecule has 0 spiro atoms. The highest BCUT2D eigenvalue weighted by Crippen LogP contribution is 2.20. The lowest BCUT2D eigenvalue weighted by Crippen LogP contribution is -2.29. The number of benzene rings is 1. The van der Waals surface area contributed by atoms with Crippen molar-refractivity contribution in [3.63, 3.8) is 0 Å². The van der Waals surface area contributed by atoms with E-state index in [9.17, 15) is 32.9 Å². The van der Waals surface area contributed by atoms with Gasteiger partial charge in [-0.3, -0.25) is 14.9 Å². The van der Waals surface area contributed by atoms with E-state index in [1.165, 1.54) is 6.07 Å². The minimum absolute atomic E-state index is 0.000358. The van der Waals surface area contributed by atoms with Crippen molar-refractivity contribution >= 4 is 29.5 Å². The number of halogens is 3. The number of hydrogen-bond donors (Lipinski definition) is 1. The maximum atomic E-state index is 13.5. The lowest BCUT2D eigenvalue weighted by molar-refractivity contribution is -0.402. The van der Waals surface area contributed by atoms with Crippen LogP contribution in [-0.2, 0) is 14.3 Å². The van der Waals surface area contributed by atoms with Crippen molar-refractivity contribution in [2.75, 3.05) is 5.32 Å². The van der Waals surface area contributed by atoms with Crippen molar-refractivity contribution in [2.24, 2.45) is 0 Å². The molecule has 0 unspecified atom stereocenters. The SMILES string of the molecule is C[C@H](OC(=O)/C=C/c1ccc([N+](=O)[O-])o1)C(=O)Nc1ccc(F)c(F)c1F. The highest BCUT2D eigenvalue weighted by atomic mass is 19.2. The molecule has 0 aliphatic carbocycles. The minimum atomic E-state index is -1.76. The number of rotatable bonds is 6. The number of carbonyl (C=O) groups excluding carboxylic acids is 2. The molecular weight excluding hydrogens is 373 g/mol. The van der Waals surface area contributed by atoms with Crippen molar-refractivity contribution in [1.82, 2.24) is 0 Å². The molecule has 8 nitrogen and oxygen atoms in total. The summed E-state index contributed by atoms with van der Waals surface area (Å²) >= 11 is 0. The third-order valence-electron chi connectivity index (χ3n) is 3.13. The molecule has 1 amide bonds. The summed E-state index contributed by atoms with van der Waals surface area (Å²) in [4.78, 5) is 33.2. The average molecular weight is 384 g/mol. The third kappa shape index (κ3) is 4.93. The molecule has 0 fully saturated rings. The van der Waals surface area contributed by atoms with E-state index in [2.05, 4.69) is 0 Å². The van der Waals surface area contributed by atoms with E-state index >= 15 is 0 Å². The third-order valence-corrected chi connectivity index (χ3v) is 3.13. The molecule has 2 aromatic rings. The topological polar surface area (TPSA) is 112 Å². The molecule has 0 saturated carbocycles. The van der Waals surface area contributed by atoms with E-state index in [1.54, 1.807) is 0 Å². The van der Waals surface area contributed by atoms with Crippen LogP contribution in [-0.4, -0.2) is 22.9 Å². The molecule has 1 atom stereocenters. The van der Waals surface area contributed by atoms with Gasteiger partial charge < -0.3 is 14.5 Å². The van der Waals surface area contributed by atoms with E-state index < -0.39 is 51.9 Å². The number of anilines is 1. The zero-order valence-electron chi connectivity index (χ0n) is 13.6. The normalized spacial score (nSPS) is 12.0. The number of amides is 1. The summed E-state index contributed by atoms with van der Waals surface area (Å²) in [5.41, 5.74) is -0.625. The molecule has 27 heavy (non-hydrogen) atoms. The van der Waals surface area contributed by atoms with Gasteiger partial charge in [0.2, 0.25) is 0 Å². The average Bonchev–Trinajstić information content (AvgIpc) is 3.09. The Labute approximate surface area is 149 Å². The summed E-state index contributed by atoms with van der Waals surface area (Å²) in [7, 11) is 0. The van der Waals surface area contributed by atoms with Gasteiger partial charge >= 0.3 is 11.9 Å². The maximum absolute atomic E-state index is 13.5. The first-order valence-electron chi connectivity index (χ1n) is 7.26. The molecule has 0 saturated heterocycles. The van der Waals surface area contributed by atoms with Crippen molar-refractivity contribution < 1.29 is 36.8 Å². The molecule has 1 aromatic carbocycles. The Kier molecular flexibility index (Phi) is 5.96. The first kappa shape index (κ1) is 19.7. The van der Waals surface area contributed by atoms with Gasteiger partial charge in [0.15, 0.2) is 23.6 Å². The summed E-state index contributed by atoms with van der Waals surface area (Å²) in [5, 5.41) is 12.4. The summed E-state index contributed by atoms with van der Waals surface area (Å²) < 4.78 is 49.0. The van der Waals surface area contributed by atoms with Crippen molar-refractivity contribution in [3.05, 3.63) is 63.7 Å². The van der Waals surface area contributed by atoms with E-state index in [1.807, 2.05) is 5.32 Å². The Morgan fingerprint density at radius 3 is 2.56 bits per heavy atom. The fraction of sp³-hybridized carbons (Fsp3) is 0.125. The zero-order chi connectivity index (χ0) is 20.1. The van der Waals surface area contributed by atoms with E-state index in [0.29, 0.717) is 6.07 Å². The van der Waals surface area contributed by atoms with E-state index in [-0.39, 0.29) is 5.76 Å². The van der Waals surface area contributed by atoms with Crippen LogP contribution in [0.2, 0.25) is 0 Å². The second-order valence-electron chi connectivity index (χ2n) is 5.06. The quantitative estimate of drug-likeness (QED) is 0.269. The highest BCUT2D eigenvalue weighted by molar-refractivity contribution is 5.96. The number of hydrogen-bond acceptors (Lipinski definition) is 6. The van der Waals surface area contributed by atoms with Crippen molar-refractivity contribution in [2.45, 2.75) is 13.0 Å². The van der Waals surface area contributed by atoms with E-state index in [4.69, 9.17) is 9.15 Å². The second-order valence-corrected chi connectivity index (χ2v) is 5.06. The summed E-state index contributed by atoms with van der Waals surface area (Å²) in [6.45, 7) is 1.16. The standard InChI is InChI=1S/C16H11F3N2O6/c1-8(16(23)20-11-5-4-10(17)14(18)15(11)19)26-13(22)7-3-9-2-6-12(27-9)21(24)25/h2-8H,1H3,(H,20,23)/b7-3+/t8-/m0/s1. The molecule has 1 aromatic heterocycles. The highest BCUT2D eigenvalue weighted by Gasteiger charge is 2.20. The minimum Gasteiger partial charge on any atom is -0.449 e. The predicted molar refractivity (Wildman–Crippen MR) is 84.9 cm³/mol.